The molecule has 0 saturated carbocycles. The second-order valence-corrected chi connectivity index (χ2v) is 2.36. The molecule has 0 amide bonds. The first kappa shape index (κ1) is 12.0. The maximum Gasteiger partial charge on any atom is 0.411 e. The second kappa shape index (κ2) is 5.63. The Bertz CT molecular complexity index is 170. The average Bonchev–Trinajstić information content (AvgIpc) is 2.01. The lowest BCUT2D eigenvalue weighted by Gasteiger charge is -2.06. The van der Waals surface area contributed by atoms with E-state index in [0.29, 0.717) is 6.42 Å². The summed E-state index contributed by atoms with van der Waals surface area (Å²) in [5.41, 5.74) is 5.06. The molecule has 0 aliphatic rings. The third-order valence-electron chi connectivity index (χ3n) is 1.12. The number of alkyl halides is 3. The molecule has 0 aromatic heterocycles. The zero-order valence-corrected chi connectivity index (χ0v) is 6.84. The number of rotatable bonds is 5. The monoisotopic (exact) mass is 200 g/mol. The highest BCUT2D eigenvalue weighted by Crippen LogP contribution is 2.14. The summed E-state index contributed by atoms with van der Waals surface area (Å²) in [5.74, 6) is -0.0180. The van der Waals surface area contributed by atoms with Crippen LogP contribution in [-0.2, 0) is 4.74 Å². The van der Waals surface area contributed by atoms with Gasteiger partial charge in [0.15, 0.2) is 0 Å². The zero-order valence-electron chi connectivity index (χ0n) is 6.84. The van der Waals surface area contributed by atoms with Crippen LogP contribution in [0, 0.1) is 0 Å². The van der Waals surface area contributed by atoms with Gasteiger partial charge in [0, 0.05) is 13.0 Å². The Hall–Kier alpha value is -0.980. The smallest absolute Gasteiger partial charge is 0.409 e. The third-order valence-corrected chi connectivity index (χ3v) is 1.12. The SMILES string of the molecule is N/C(CCCOCC(F)(F)F)=N\O. The van der Waals surface area contributed by atoms with Crippen LogP contribution in [0.5, 0.6) is 0 Å². The molecule has 0 fully saturated rings. The van der Waals surface area contributed by atoms with Crippen LogP contribution >= 0.6 is 0 Å². The first-order chi connectivity index (χ1) is 5.95. The molecule has 3 N–H and O–H groups in total. The minimum atomic E-state index is -4.30. The van der Waals surface area contributed by atoms with Gasteiger partial charge in [0.25, 0.3) is 0 Å². The molecule has 0 unspecified atom stereocenters. The van der Waals surface area contributed by atoms with Gasteiger partial charge in [-0.15, -0.1) is 0 Å². The Balaban J connectivity index is 3.28. The summed E-state index contributed by atoms with van der Waals surface area (Å²) in [7, 11) is 0. The number of halogens is 3. The molecule has 7 heteroatoms. The van der Waals surface area contributed by atoms with Gasteiger partial charge < -0.3 is 15.7 Å². The van der Waals surface area contributed by atoms with E-state index in [1.807, 2.05) is 0 Å². The third kappa shape index (κ3) is 8.93. The quantitative estimate of drug-likeness (QED) is 0.229. The lowest BCUT2D eigenvalue weighted by atomic mass is 10.3. The van der Waals surface area contributed by atoms with Crippen molar-refractivity contribution in [3.05, 3.63) is 0 Å². The van der Waals surface area contributed by atoms with Crippen LogP contribution < -0.4 is 5.73 Å². The molecule has 0 aliphatic carbocycles. The van der Waals surface area contributed by atoms with Gasteiger partial charge in [0.1, 0.15) is 12.4 Å². The molecule has 0 radical (unpaired) electrons. The lowest BCUT2D eigenvalue weighted by molar-refractivity contribution is -0.173. The van der Waals surface area contributed by atoms with Crippen LogP contribution in [0.15, 0.2) is 5.16 Å². The minimum Gasteiger partial charge on any atom is -0.409 e. The number of oxime groups is 1. The molecule has 0 heterocycles. The molecule has 4 nitrogen and oxygen atoms in total. The van der Waals surface area contributed by atoms with Gasteiger partial charge in [-0.1, -0.05) is 5.16 Å². The number of nitrogens with two attached hydrogens (primary N) is 1. The maximum atomic E-state index is 11.5. The van der Waals surface area contributed by atoms with E-state index in [9.17, 15) is 13.2 Å². The first-order valence-corrected chi connectivity index (χ1v) is 3.56. The van der Waals surface area contributed by atoms with Crippen LogP contribution in [0.2, 0.25) is 0 Å². The van der Waals surface area contributed by atoms with Crippen molar-refractivity contribution in [2.75, 3.05) is 13.2 Å². The number of nitrogens with zero attached hydrogens (tertiary/aromatic N) is 1. The second-order valence-electron chi connectivity index (χ2n) is 2.36. The highest BCUT2D eigenvalue weighted by Gasteiger charge is 2.27. The molecule has 0 aromatic rings. The normalized spacial score (nSPS) is 13.3. The Kier molecular flexibility index (Phi) is 5.20. The number of hydrogen-bond acceptors (Lipinski definition) is 3. The average molecular weight is 200 g/mol. The molecule has 13 heavy (non-hydrogen) atoms. The largest absolute Gasteiger partial charge is 0.411 e. The van der Waals surface area contributed by atoms with Gasteiger partial charge in [-0.25, -0.2) is 0 Å². The summed E-state index contributed by atoms with van der Waals surface area (Å²) in [6.45, 7) is -1.32. The molecule has 0 atom stereocenters. The maximum absolute atomic E-state index is 11.5. The Morgan fingerprint density at radius 2 is 2.08 bits per heavy atom. The topological polar surface area (TPSA) is 67.8 Å². The summed E-state index contributed by atoms with van der Waals surface area (Å²) in [6, 6.07) is 0. The zero-order chi connectivity index (χ0) is 10.3. The standard InChI is InChI=1S/C6H11F3N2O2/c7-6(8,9)4-13-3-1-2-5(10)11-12/h12H,1-4H2,(H2,10,11). The summed E-state index contributed by atoms with van der Waals surface area (Å²) < 4.78 is 38.8. The fraction of sp³-hybridized carbons (Fsp3) is 0.833. The van der Waals surface area contributed by atoms with Crippen LogP contribution in [-0.4, -0.2) is 30.4 Å². The minimum absolute atomic E-state index is 0.0180. The van der Waals surface area contributed by atoms with Crippen molar-refractivity contribution in [1.82, 2.24) is 0 Å². The van der Waals surface area contributed by atoms with Crippen LogP contribution in [0.3, 0.4) is 0 Å². The van der Waals surface area contributed by atoms with Crippen LogP contribution in [0.1, 0.15) is 12.8 Å². The number of hydrogen-bond donors (Lipinski definition) is 2. The van der Waals surface area contributed by atoms with Crippen molar-refractivity contribution in [2.24, 2.45) is 10.9 Å². The Labute approximate surface area is 73.2 Å². The van der Waals surface area contributed by atoms with Crippen LogP contribution in [0.4, 0.5) is 13.2 Å². The van der Waals surface area contributed by atoms with E-state index in [2.05, 4.69) is 9.89 Å². The highest BCUT2D eigenvalue weighted by molar-refractivity contribution is 5.79. The van der Waals surface area contributed by atoms with E-state index < -0.39 is 12.8 Å². The van der Waals surface area contributed by atoms with E-state index in [4.69, 9.17) is 10.9 Å². The molecule has 78 valence electrons. The molecule has 0 aliphatic heterocycles. The first-order valence-electron chi connectivity index (χ1n) is 3.56. The van der Waals surface area contributed by atoms with Crippen molar-refractivity contribution in [3.8, 4) is 0 Å². The van der Waals surface area contributed by atoms with Crippen molar-refractivity contribution in [1.29, 1.82) is 0 Å². The van der Waals surface area contributed by atoms with Crippen molar-refractivity contribution < 1.29 is 23.1 Å². The molecule has 0 spiro atoms. The summed E-state index contributed by atoms with van der Waals surface area (Å²) >= 11 is 0. The lowest BCUT2D eigenvalue weighted by Crippen LogP contribution is -2.18. The molecular weight excluding hydrogens is 189 g/mol. The van der Waals surface area contributed by atoms with Crippen molar-refractivity contribution in [3.63, 3.8) is 0 Å². The predicted molar refractivity (Wildman–Crippen MR) is 39.5 cm³/mol. The summed E-state index contributed by atoms with van der Waals surface area (Å²) in [4.78, 5) is 0. The van der Waals surface area contributed by atoms with Crippen LogP contribution in [0.25, 0.3) is 0 Å². The van der Waals surface area contributed by atoms with Gasteiger partial charge >= 0.3 is 6.18 Å². The summed E-state index contributed by atoms with van der Waals surface area (Å²) in [5, 5.41) is 10.7. The highest BCUT2D eigenvalue weighted by atomic mass is 19.4. The number of amidine groups is 1. The Morgan fingerprint density at radius 3 is 2.54 bits per heavy atom. The van der Waals surface area contributed by atoms with E-state index in [-0.39, 0.29) is 18.9 Å². The van der Waals surface area contributed by atoms with E-state index in [0.717, 1.165) is 0 Å². The fourth-order valence-corrected chi connectivity index (χ4v) is 0.593. The van der Waals surface area contributed by atoms with E-state index in [1.54, 1.807) is 0 Å². The van der Waals surface area contributed by atoms with Crippen molar-refractivity contribution in [2.45, 2.75) is 19.0 Å². The van der Waals surface area contributed by atoms with E-state index in [1.165, 1.54) is 0 Å². The van der Waals surface area contributed by atoms with Gasteiger partial charge in [-0.05, 0) is 6.42 Å². The van der Waals surface area contributed by atoms with Gasteiger partial charge in [0.05, 0.1) is 0 Å². The molecule has 0 rings (SSSR count). The van der Waals surface area contributed by atoms with Gasteiger partial charge in [0.2, 0.25) is 0 Å². The molecule has 0 bridgehead atoms. The molecule has 0 aromatic carbocycles. The molecule has 0 saturated heterocycles. The van der Waals surface area contributed by atoms with Gasteiger partial charge in [-0.2, -0.15) is 13.2 Å². The van der Waals surface area contributed by atoms with E-state index >= 15 is 0 Å². The van der Waals surface area contributed by atoms with Gasteiger partial charge in [-0.3, -0.25) is 0 Å². The predicted octanol–water partition coefficient (Wildman–Crippen LogP) is 1.09. The molecular formula is C6H11F3N2O2. The number of ether oxygens (including phenoxy) is 1. The summed E-state index contributed by atoms with van der Waals surface area (Å²) in [6.07, 6.45) is -3.78. The Morgan fingerprint density at radius 1 is 1.46 bits per heavy atom. The van der Waals surface area contributed by atoms with Crippen molar-refractivity contribution >= 4 is 5.84 Å². The fourth-order valence-electron chi connectivity index (χ4n) is 0.593.